The van der Waals surface area contributed by atoms with Crippen LogP contribution in [-0.4, -0.2) is 36.5 Å². The zero-order valence-corrected chi connectivity index (χ0v) is 13.1. The molecule has 0 aromatic heterocycles. The van der Waals surface area contributed by atoms with E-state index in [2.05, 4.69) is 10.6 Å². The van der Waals surface area contributed by atoms with Crippen molar-refractivity contribution in [2.45, 2.75) is 19.3 Å². The van der Waals surface area contributed by atoms with Crippen LogP contribution < -0.4 is 10.6 Å². The van der Waals surface area contributed by atoms with E-state index in [0.29, 0.717) is 24.5 Å². The maximum Gasteiger partial charge on any atom is 0.318 e. The van der Waals surface area contributed by atoms with Gasteiger partial charge in [0.2, 0.25) is 5.91 Å². The van der Waals surface area contributed by atoms with Crippen molar-refractivity contribution in [2.75, 3.05) is 19.6 Å². The Morgan fingerprint density at radius 1 is 1.32 bits per heavy atom. The number of hydrogen-bond acceptors (Lipinski definition) is 2. The lowest BCUT2D eigenvalue weighted by Crippen LogP contribution is -2.35. The van der Waals surface area contributed by atoms with E-state index in [-0.39, 0.29) is 11.9 Å². The first-order chi connectivity index (χ1) is 10.6. The summed E-state index contributed by atoms with van der Waals surface area (Å²) in [6.07, 6.45) is 5.74. The molecule has 1 aliphatic rings. The van der Waals surface area contributed by atoms with E-state index < -0.39 is 0 Å². The van der Waals surface area contributed by atoms with Crippen molar-refractivity contribution < 1.29 is 9.59 Å². The Kier molecular flexibility index (Phi) is 6.27. The molecule has 1 heterocycles. The van der Waals surface area contributed by atoms with Gasteiger partial charge in [0, 0.05) is 37.3 Å². The minimum Gasteiger partial charge on any atom is -0.343 e. The molecule has 2 N–H and O–H groups in total. The second-order valence-corrected chi connectivity index (χ2v) is 5.56. The number of rotatable bonds is 6. The second kappa shape index (κ2) is 8.44. The maximum absolute atomic E-state index is 11.6. The van der Waals surface area contributed by atoms with E-state index in [1.165, 1.54) is 0 Å². The number of amides is 3. The number of carbonyl (C=O) groups is 2. The Bertz CT molecular complexity index is 543. The zero-order chi connectivity index (χ0) is 15.8. The maximum atomic E-state index is 11.6. The summed E-state index contributed by atoms with van der Waals surface area (Å²) in [6.45, 7) is 2.10. The summed E-state index contributed by atoms with van der Waals surface area (Å²) in [5.74, 6) is 0.218. The summed E-state index contributed by atoms with van der Waals surface area (Å²) < 4.78 is 0. The van der Waals surface area contributed by atoms with Crippen LogP contribution in [0, 0.1) is 0 Å². The first-order valence-electron chi connectivity index (χ1n) is 7.39. The average molecular weight is 322 g/mol. The van der Waals surface area contributed by atoms with Crippen LogP contribution in [0.5, 0.6) is 0 Å². The first kappa shape index (κ1) is 16.4. The van der Waals surface area contributed by atoms with Gasteiger partial charge in [-0.25, -0.2) is 4.79 Å². The van der Waals surface area contributed by atoms with Crippen LogP contribution in [0.3, 0.4) is 0 Å². The normalized spacial score (nSPS) is 14.6. The van der Waals surface area contributed by atoms with Crippen molar-refractivity contribution in [2.24, 2.45) is 0 Å². The molecule has 3 amide bonds. The molecule has 2 rings (SSSR count). The lowest BCUT2D eigenvalue weighted by molar-refractivity contribution is -0.127. The fourth-order valence-corrected chi connectivity index (χ4v) is 2.38. The van der Waals surface area contributed by atoms with Crippen molar-refractivity contribution in [3.05, 3.63) is 41.1 Å². The van der Waals surface area contributed by atoms with E-state index in [0.717, 1.165) is 24.9 Å². The summed E-state index contributed by atoms with van der Waals surface area (Å²) in [6, 6.07) is 7.07. The lowest BCUT2D eigenvalue weighted by atomic mass is 10.2. The number of halogens is 1. The molecule has 1 saturated heterocycles. The van der Waals surface area contributed by atoms with Crippen LogP contribution in [0.15, 0.2) is 30.5 Å². The van der Waals surface area contributed by atoms with E-state index in [4.69, 9.17) is 11.6 Å². The van der Waals surface area contributed by atoms with Gasteiger partial charge in [-0.3, -0.25) is 4.79 Å². The molecule has 6 heteroatoms. The molecule has 0 atom stereocenters. The molecule has 1 aliphatic heterocycles. The van der Waals surface area contributed by atoms with Gasteiger partial charge < -0.3 is 15.5 Å². The molecule has 0 spiro atoms. The third-order valence-electron chi connectivity index (χ3n) is 3.42. The molecule has 5 nitrogen and oxygen atoms in total. The lowest BCUT2D eigenvalue weighted by Gasteiger charge is -2.15. The van der Waals surface area contributed by atoms with Gasteiger partial charge in [0.15, 0.2) is 0 Å². The topological polar surface area (TPSA) is 61.4 Å². The number of urea groups is 1. The molecule has 22 heavy (non-hydrogen) atoms. The Morgan fingerprint density at radius 3 is 2.77 bits per heavy atom. The predicted molar refractivity (Wildman–Crippen MR) is 87.5 cm³/mol. The minimum atomic E-state index is -0.252. The fourth-order valence-electron chi connectivity index (χ4n) is 2.25. The van der Waals surface area contributed by atoms with Gasteiger partial charge in [-0.2, -0.15) is 0 Å². The Labute approximate surface area is 135 Å². The smallest absolute Gasteiger partial charge is 0.318 e. The zero-order valence-electron chi connectivity index (χ0n) is 12.3. The van der Waals surface area contributed by atoms with Crippen LogP contribution in [0.2, 0.25) is 5.02 Å². The fraction of sp³-hybridized carbons (Fsp3) is 0.375. The van der Waals surface area contributed by atoms with Gasteiger partial charge in [-0.05, 0) is 36.6 Å². The molecule has 1 fully saturated rings. The number of benzene rings is 1. The number of likely N-dealkylation sites (tertiary alicyclic amines) is 1. The summed E-state index contributed by atoms with van der Waals surface area (Å²) in [5, 5.41) is 6.08. The van der Waals surface area contributed by atoms with Gasteiger partial charge in [-0.15, -0.1) is 0 Å². The summed E-state index contributed by atoms with van der Waals surface area (Å²) in [4.78, 5) is 24.8. The number of nitrogens with zero attached hydrogens (tertiary/aromatic N) is 1. The van der Waals surface area contributed by atoms with E-state index in [9.17, 15) is 9.59 Å². The Morgan fingerprint density at radius 2 is 2.09 bits per heavy atom. The van der Waals surface area contributed by atoms with E-state index in [1.807, 2.05) is 17.0 Å². The second-order valence-electron chi connectivity index (χ2n) is 5.12. The number of nitrogens with one attached hydrogen (secondary N) is 2. The molecular weight excluding hydrogens is 302 g/mol. The SMILES string of the molecule is O=C(N/C=C/c1ccc(Cl)cc1)NCCCN1CCCC1=O. The average Bonchev–Trinajstić information content (AvgIpc) is 2.91. The molecule has 1 aromatic carbocycles. The number of hydrogen-bond donors (Lipinski definition) is 2. The highest BCUT2D eigenvalue weighted by atomic mass is 35.5. The predicted octanol–water partition coefficient (Wildman–Crippen LogP) is 2.62. The molecular formula is C16H20ClN3O2. The third-order valence-corrected chi connectivity index (χ3v) is 3.67. The standard InChI is InChI=1S/C16H20ClN3O2/c17-14-6-4-13(5-7-14)8-10-19-16(22)18-9-2-12-20-11-1-3-15(20)21/h4-8,10H,1-3,9,11-12H2,(H2,18,19,22)/b10-8+. The molecule has 0 radical (unpaired) electrons. The summed E-state index contributed by atoms with van der Waals surface area (Å²) in [7, 11) is 0. The van der Waals surface area contributed by atoms with Crippen molar-refractivity contribution in [3.8, 4) is 0 Å². The molecule has 0 aliphatic carbocycles. The van der Waals surface area contributed by atoms with Crippen molar-refractivity contribution in [1.82, 2.24) is 15.5 Å². The van der Waals surface area contributed by atoms with Crippen molar-refractivity contribution in [3.63, 3.8) is 0 Å². The summed E-state index contributed by atoms with van der Waals surface area (Å²) >= 11 is 5.79. The third kappa shape index (κ3) is 5.41. The minimum absolute atomic E-state index is 0.218. The van der Waals surface area contributed by atoms with Gasteiger partial charge in [0.1, 0.15) is 0 Å². The summed E-state index contributed by atoms with van der Waals surface area (Å²) in [5.41, 5.74) is 0.956. The van der Waals surface area contributed by atoms with Crippen molar-refractivity contribution >= 4 is 29.6 Å². The number of carbonyl (C=O) groups excluding carboxylic acids is 2. The highest BCUT2D eigenvalue weighted by Crippen LogP contribution is 2.10. The van der Waals surface area contributed by atoms with Crippen LogP contribution in [-0.2, 0) is 4.79 Å². The largest absolute Gasteiger partial charge is 0.343 e. The van der Waals surface area contributed by atoms with Gasteiger partial charge >= 0.3 is 6.03 Å². The molecule has 1 aromatic rings. The van der Waals surface area contributed by atoms with Gasteiger partial charge in [0.05, 0.1) is 0 Å². The van der Waals surface area contributed by atoms with Crippen molar-refractivity contribution in [1.29, 1.82) is 0 Å². The highest BCUT2D eigenvalue weighted by Gasteiger charge is 2.18. The van der Waals surface area contributed by atoms with Gasteiger partial charge in [-0.1, -0.05) is 23.7 Å². The van der Waals surface area contributed by atoms with E-state index in [1.54, 1.807) is 24.4 Å². The van der Waals surface area contributed by atoms with Crippen LogP contribution >= 0.6 is 11.6 Å². The quantitative estimate of drug-likeness (QED) is 0.791. The van der Waals surface area contributed by atoms with Gasteiger partial charge in [0.25, 0.3) is 0 Å². The molecule has 0 unspecified atom stereocenters. The van der Waals surface area contributed by atoms with Crippen LogP contribution in [0.25, 0.3) is 6.08 Å². The first-order valence-corrected chi connectivity index (χ1v) is 7.77. The Balaban J connectivity index is 1.59. The van der Waals surface area contributed by atoms with E-state index >= 15 is 0 Å². The molecule has 118 valence electrons. The Hall–Kier alpha value is -2.01. The molecule has 0 bridgehead atoms. The van der Waals surface area contributed by atoms with Crippen LogP contribution in [0.4, 0.5) is 4.79 Å². The highest BCUT2D eigenvalue weighted by molar-refractivity contribution is 6.30. The van der Waals surface area contributed by atoms with Crippen LogP contribution in [0.1, 0.15) is 24.8 Å². The molecule has 0 saturated carbocycles. The monoisotopic (exact) mass is 321 g/mol.